The summed E-state index contributed by atoms with van der Waals surface area (Å²) in [6, 6.07) is 21.3. The van der Waals surface area contributed by atoms with Crippen molar-refractivity contribution in [2.45, 2.75) is 45.3 Å². The molecule has 0 radical (unpaired) electrons. The van der Waals surface area contributed by atoms with Crippen LogP contribution in [0.3, 0.4) is 0 Å². The predicted molar refractivity (Wildman–Crippen MR) is 146 cm³/mol. The van der Waals surface area contributed by atoms with E-state index in [1.165, 1.54) is 35.0 Å². The van der Waals surface area contributed by atoms with E-state index in [1.54, 1.807) is 18.3 Å². The molecule has 0 bridgehead atoms. The van der Waals surface area contributed by atoms with Crippen molar-refractivity contribution in [3.63, 3.8) is 0 Å². The van der Waals surface area contributed by atoms with Gasteiger partial charge < -0.3 is 9.30 Å². The predicted octanol–water partition coefficient (Wildman–Crippen LogP) is 6.95. The van der Waals surface area contributed by atoms with Crippen LogP contribution < -0.4 is 10.2 Å². The largest absolute Gasteiger partial charge is 0.489 e. The van der Waals surface area contributed by atoms with Crippen LogP contribution in [0.2, 0.25) is 10.0 Å². The Bertz CT molecular complexity index is 1410. The van der Waals surface area contributed by atoms with Crippen molar-refractivity contribution in [3.8, 4) is 5.75 Å². The third kappa shape index (κ3) is 5.58. The molecule has 0 spiro atoms. The molecule has 0 atom stereocenters. The highest BCUT2D eigenvalue weighted by Gasteiger charge is 2.19. The van der Waals surface area contributed by atoms with E-state index in [9.17, 15) is 4.79 Å². The molecule has 0 unspecified atom stereocenters. The van der Waals surface area contributed by atoms with Gasteiger partial charge in [-0.05, 0) is 79.3 Å². The zero-order valence-electron chi connectivity index (χ0n) is 19.8. The third-order valence-corrected chi connectivity index (χ3v) is 7.13. The molecule has 1 amide bonds. The van der Waals surface area contributed by atoms with Gasteiger partial charge in [0.15, 0.2) is 0 Å². The number of rotatable bonds is 8. The summed E-state index contributed by atoms with van der Waals surface area (Å²) in [6.07, 6.45) is 6.65. The minimum Gasteiger partial charge on any atom is -0.489 e. The second-order valence-electron chi connectivity index (χ2n) is 8.94. The van der Waals surface area contributed by atoms with Crippen LogP contribution in [0.25, 0.3) is 10.9 Å². The fourth-order valence-corrected chi connectivity index (χ4v) is 5.20. The van der Waals surface area contributed by atoms with Gasteiger partial charge in [-0.15, -0.1) is 0 Å². The quantitative estimate of drug-likeness (QED) is 0.202. The number of nitrogens with one attached hydrogen (secondary N) is 1. The smallest absolute Gasteiger partial charge is 0.241 e. The Kier molecular flexibility index (Phi) is 7.59. The molecule has 0 saturated carbocycles. The van der Waals surface area contributed by atoms with Crippen LogP contribution in [0.15, 0.2) is 71.8 Å². The van der Waals surface area contributed by atoms with Gasteiger partial charge in [0, 0.05) is 45.2 Å². The van der Waals surface area contributed by atoms with Crippen LogP contribution in [-0.2, 0) is 30.8 Å². The van der Waals surface area contributed by atoms with Gasteiger partial charge in [0.1, 0.15) is 12.4 Å². The monoisotopic (exact) mass is 519 g/mol. The van der Waals surface area contributed by atoms with Crippen molar-refractivity contribution >= 4 is 46.2 Å². The first kappa shape index (κ1) is 24.4. The van der Waals surface area contributed by atoms with Gasteiger partial charge in [0.25, 0.3) is 0 Å². The first-order valence-corrected chi connectivity index (χ1v) is 12.9. The highest BCUT2D eigenvalue weighted by Crippen LogP contribution is 2.32. The molecule has 5 nitrogen and oxygen atoms in total. The Labute approximate surface area is 220 Å². The number of halogens is 2. The van der Waals surface area contributed by atoms with E-state index in [0.717, 1.165) is 24.0 Å². The second kappa shape index (κ2) is 11.2. The van der Waals surface area contributed by atoms with E-state index in [0.29, 0.717) is 35.4 Å². The summed E-state index contributed by atoms with van der Waals surface area (Å²) in [5.41, 5.74) is 8.45. The maximum atomic E-state index is 12.5. The molecule has 1 aliphatic carbocycles. The average molecular weight is 520 g/mol. The van der Waals surface area contributed by atoms with Crippen molar-refractivity contribution in [2.24, 2.45) is 5.10 Å². The third-order valence-electron chi connectivity index (χ3n) is 6.54. The van der Waals surface area contributed by atoms with Crippen LogP contribution in [0, 0.1) is 0 Å². The lowest BCUT2D eigenvalue weighted by Gasteiger charge is -2.15. The number of ether oxygens (including phenoxy) is 1. The Morgan fingerprint density at radius 2 is 1.83 bits per heavy atom. The van der Waals surface area contributed by atoms with Gasteiger partial charge in [0.05, 0.1) is 6.21 Å². The molecule has 1 aromatic heterocycles. The SMILES string of the molecule is O=C(CCn1c2c(c3ccccc31)CCCC2)NN=Cc1ccc(OCc2ccc(Cl)cc2Cl)cc1. The standard InChI is InChI=1S/C29H27Cl2N3O2/c30-22-12-11-21(26(31)17-22)19-36-23-13-9-20(10-14-23)18-32-33-29(35)15-16-34-27-7-3-1-5-24(27)25-6-2-4-8-28(25)34/h1,3,5,7,9-14,17-18H,2,4,6,8,15-16,19H2,(H,33,35). The number of hydrogen-bond donors (Lipinski definition) is 1. The minimum atomic E-state index is -0.103. The average Bonchev–Trinajstić information content (AvgIpc) is 3.21. The topological polar surface area (TPSA) is 55.6 Å². The van der Waals surface area contributed by atoms with Crippen molar-refractivity contribution in [3.05, 3.63) is 99.2 Å². The summed E-state index contributed by atoms with van der Waals surface area (Å²) in [6.45, 7) is 1.00. The number of hydrazone groups is 1. The summed E-state index contributed by atoms with van der Waals surface area (Å²) in [5.74, 6) is 0.609. The number of aromatic nitrogens is 1. The number of para-hydroxylation sites is 1. The van der Waals surface area contributed by atoms with Crippen molar-refractivity contribution in [2.75, 3.05) is 0 Å². The van der Waals surface area contributed by atoms with Crippen LogP contribution >= 0.6 is 23.2 Å². The Hall–Kier alpha value is -3.28. The summed E-state index contributed by atoms with van der Waals surface area (Å²) < 4.78 is 8.13. The molecule has 1 N–H and O–H groups in total. The number of aryl methyl sites for hydroxylation is 2. The molecule has 7 heteroatoms. The summed E-state index contributed by atoms with van der Waals surface area (Å²) >= 11 is 12.1. The van der Waals surface area contributed by atoms with Gasteiger partial charge in [0.2, 0.25) is 5.91 Å². The van der Waals surface area contributed by atoms with Crippen LogP contribution in [0.5, 0.6) is 5.75 Å². The van der Waals surface area contributed by atoms with Gasteiger partial charge in [-0.1, -0.05) is 47.5 Å². The molecule has 0 saturated heterocycles. The fraction of sp³-hybridized carbons (Fsp3) is 0.241. The van der Waals surface area contributed by atoms with Gasteiger partial charge in [-0.25, -0.2) is 5.43 Å². The maximum absolute atomic E-state index is 12.5. The van der Waals surface area contributed by atoms with Crippen LogP contribution in [0.4, 0.5) is 0 Å². The van der Waals surface area contributed by atoms with Gasteiger partial charge in [-0.2, -0.15) is 5.10 Å². The van der Waals surface area contributed by atoms with E-state index in [4.69, 9.17) is 27.9 Å². The summed E-state index contributed by atoms with van der Waals surface area (Å²) in [4.78, 5) is 12.5. The Morgan fingerprint density at radius 3 is 2.67 bits per heavy atom. The number of carbonyl (C=O) groups excluding carboxylic acids is 1. The molecular formula is C29H27Cl2N3O2. The van der Waals surface area contributed by atoms with E-state index in [-0.39, 0.29) is 5.91 Å². The molecule has 4 aromatic rings. The number of nitrogens with zero attached hydrogens (tertiary/aromatic N) is 2. The lowest BCUT2D eigenvalue weighted by atomic mass is 9.95. The van der Waals surface area contributed by atoms with Gasteiger partial charge in [-0.3, -0.25) is 4.79 Å². The number of fused-ring (bicyclic) bond motifs is 3. The number of benzene rings is 3. The lowest BCUT2D eigenvalue weighted by molar-refractivity contribution is -0.121. The molecule has 0 aliphatic heterocycles. The van der Waals surface area contributed by atoms with Gasteiger partial charge >= 0.3 is 0 Å². The zero-order chi connectivity index (χ0) is 24.9. The molecular weight excluding hydrogens is 493 g/mol. The Balaban J connectivity index is 1.13. The molecule has 5 rings (SSSR count). The first-order valence-electron chi connectivity index (χ1n) is 12.2. The number of carbonyl (C=O) groups is 1. The highest BCUT2D eigenvalue weighted by atomic mass is 35.5. The van der Waals surface area contributed by atoms with Crippen molar-refractivity contribution in [1.29, 1.82) is 0 Å². The highest BCUT2D eigenvalue weighted by molar-refractivity contribution is 6.35. The van der Waals surface area contributed by atoms with E-state index >= 15 is 0 Å². The van der Waals surface area contributed by atoms with Crippen LogP contribution in [0.1, 0.15) is 41.6 Å². The van der Waals surface area contributed by atoms with E-state index < -0.39 is 0 Å². The molecule has 36 heavy (non-hydrogen) atoms. The fourth-order valence-electron chi connectivity index (χ4n) is 4.74. The van der Waals surface area contributed by atoms with Crippen molar-refractivity contribution in [1.82, 2.24) is 9.99 Å². The molecule has 184 valence electrons. The maximum Gasteiger partial charge on any atom is 0.241 e. The second-order valence-corrected chi connectivity index (χ2v) is 9.78. The van der Waals surface area contributed by atoms with E-state index in [1.807, 2.05) is 30.3 Å². The summed E-state index contributed by atoms with van der Waals surface area (Å²) in [7, 11) is 0. The molecule has 3 aromatic carbocycles. The number of amides is 1. The normalized spacial score (nSPS) is 13.2. The van der Waals surface area contributed by atoms with Crippen molar-refractivity contribution < 1.29 is 9.53 Å². The zero-order valence-corrected chi connectivity index (χ0v) is 21.4. The Morgan fingerprint density at radius 1 is 1.03 bits per heavy atom. The van der Waals surface area contributed by atoms with Crippen LogP contribution in [-0.4, -0.2) is 16.7 Å². The molecule has 1 aliphatic rings. The minimum absolute atomic E-state index is 0.103. The van der Waals surface area contributed by atoms with E-state index in [2.05, 4.69) is 39.4 Å². The first-order chi connectivity index (χ1) is 17.6. The molecule has 0 fully saturated rings. The summed E-state index contributed by atoms with van der Waals surface area (Å²) in [5, 5.41) is 6.63. The molecule has 1 heterocycles. The number of hydrogen-bond acceptors (Lipinski definition) is 3. The lowest BCUT2D eigenvalue weighted by Crippen LogP contribution is -2.20.